The average molecular weight is 731 g/mol. The minimum Gasteiger partial charge on any atom is -0.444 e. The third kappa shape index (κ3) is 6.85. The predicted molar refractivity (Wildman–Crippen MR) is 200 cm³/mol. The number of hydrogen-bond acceptors (Lipinski definition) is 7. The summed E-state index contributed by atoms with van der Waals surface area (Å²) in [5.41, 5.74) is 3.79. The molecule has 2 N–H and O–H groups in total. The largest absolute Gasteiger partial charge is 0.444 e. The van der Waals surface area contributed by atoms with E-state index in [1.807, 2.05) is 63.4 Å². The number of nitrogens with one attached hydrogen (secondary N) is 2. The maximum absolute atomic E-state index is 12.4. The molecule has 0 saturated heterocycles. The first-order valence-corrected chi connectivity index (χ1v) is 17.8. The van der Waals surface area contributed by atoms with Crippen LogP contribution in [0, 0.1) is 0 Å². The fourth-order valence-electron chi connectivity index (χ4n) is 6.88. The Kier molecular flexibility index (Phi) is 9.38. The van der Waals surface area contributed by atoms with Gasteiger partial charge in [-0.2, -0.15) is 10.1 Å². The van der Waals surface area contributed by atoms with Crippen LogP contribution in [-0.2, 0) is 10.3 Å². The van der Waals surface area contributed by atoms with Crippen molar-refractivity contribution >= 4 is 39.0 Å². The second-order valence-electron chi connectivity index (χ2n) is 13.7. The minimum atomic E-state index is -0.886. The molecule has 254 valence electrons. The summed E-state index contributed by atoms with van der Waals surface area (Å²) in [6, 6.07) is 37.4. The number of carbonyl (C=O) groups excluding carboxylic acids is 1. The van der Waals surface area contributed by atoms with Crippen molar-refractivity contribution in [2.24, 2.45) is 0 Å². The second kappa shape index (κ2) is 14.0. The van der Waals surface area contributed by atoms with Crippen molar-refractivity contribution in [2.75, 3.05) is 5.32 Å². The molecule has 0 atom stereocenters. The fraction of sp³-hybridized carbons (Fsp3) is 0.275. The van der Waals surface area contributed by atoms with Gasteiger partial charge in [0, 0.05) is 18.3 Å². The Morgan fingerprint density at radius 1 is 0.760 bits per heavy atom. The molecule has 6 aromatic rings. The Hall–Kier alpha value is -5.09. The van der Waals surface area contributed by atoms with Crippen LogP contribution in [0.1, 0.15) is 63.1 Å². The summed E-state index contributed by atoms with van der Waals surface area (Å²) in [4.78, 5) is 27.2. The van der Waals surface area contributed by atoms with Crippen molar-refractivity contribution in [3.05, 3.63) is 137 Å². The van der Waals surface area contributed by atoms with E-state index in [1.54, 1.807) is 0 Å². The number of rotatable bonds is 8. The van der Waals surface area contributed by atoms with Gasteiger partial charge >= 0.3 is 6.09 Å². The Balaban J connectivity index is 1.34. The molecule has 0 bridgehead atoms. The third-order valence-electron chi connectivity index (χ3n) is 9.06. The molecule has 3 aromatic heterocycles. The fourth-order valence-corrected chi connectivity index (χ4v) is 7.22. The number of pyridine rings is 1. The molecule has 50 heavy (non-hydrogen) atoms. The first-order valence-electron chi connectivity index (χ1n) is 17.0. The van der Waals surface area contributed by atoms with Crippen LogP contribution in [-0.4, -0.2) is 48.5 Å². The molecule has 0 aliphatic heterocycles. The van der Waals surface area contributed by atoms with Crippen molar-refractivity contribution in [1.82, 2.24) is 30.0 Å². The lowest BCUT2D eigenvalue weighted by molar-refractivity contribution is 0.0492. The van der Waals surface area contributed by atoms with Crippen molar-refractivity contribution in [1.29, 1.82) is 0 Å². The molecule has 3 heterocycles. The van der Waals surface area contributed by atoms with Gasteiger partial charge in [-0.1, -0.05) is 97.1 Å². The molecular weight excluding hydrogens is 690 g/mol. The molecule has 1 fully saturated rings. The molecule has 0 unspecified atom stereocenters. The van der Waals surface area contributed by atoms with E-state index >= 15 is 0 Å². The van der Waals surface area contributed by atoms with Crippen molar-refractivity contribution < 1.29 is 9.53 Å². The number of benzene rings is 3. The van der Waals surface area contributed by atoms with Gasteiger partial charge in [0.1, 0.15) is 21.4 Å². The lowest BCUT2D eigenvalue weighted by atomic mass is 9.77. The predicted octanol–water partition coefficient (Wildman–Crippen LogP) is 8.74. The third-order valence-corrected chi connectivity index (χ3v) is 9.50. The van der Waals surface area contributed by atoms with Gasteiger partial charge in [0.2, 0.25) is 5.95 Å². The molecule has 1 aliphatic carbocycles. The second-order valence-corrected chi connectivity index (χ2v) is 14.5. The normalized spacial score (nSPS) is 16.6. The van der Waals surface area contributed by atoms with Crippen molar-refractivity contribution in [3.8, 4) is 11.4 Å². The summed E-state index contributed by atoms with van der Waals surface area (Å²) < 4.78 is 8.24. The number of halogens is 1. The number of aromatic nitrogens is 5. The molecule has 0 spiro atoms. The highest BCUT2D eigenvalue weighted by Gasteiger charge is 2.42. The zero-order valence-corrected chi connectivity index (χ0v) is 30.0. The number of ether oxygens (including phenoxy) is 1. The van der Waals surface area contributed by atoms with E-state index in [-0.39, 0.29) is 18.2 Å². The molecule has 1 saturated carbocycles. The molecule has 9 nitrogen and oxygen atoms in total. The van der Waals surface area contributed by atoms with Crippen LogP contribution in [0.3, 0.4) is 0 Å². The Morgan fingerprint density at radius 2 is 1.32 bits per heavy atom. The van der Waals surface area contributed by atoms with Gasteiger partial charge in [0.05, 0.1) is 11.1 Å². The van der Waals surface area contributed by atoms with Gasteiger partial charge < -0.3 is 15.4 Å². The van der Waals surface area contributed by atoms with E-state index in [1.165, 1.54) is 0 Å². The van der Waals surface area contributed by atoms with E-state index in [0.29, 0.717) is 27.6 Å². The van der Waals surface area contributed by atoms with Gasteiger partial charge in [-0.25, -0.2) is 19.4 Å². The first-order chi connectivity index (χ1) is 24.2. The quantitative estimate of drug-likeness (QED) is 0.119. The maximum atomic E-state index is 12.4. The maximum Gasteiger partial charge on any atom is 0.407 e. The van der Waals surface area contributed by atoms with Crippen molar-refractivity contribution in [2.45, 2.75) is 69.7 Å². The summed E-state index contributed by atoms with van der Waals surface area (Å²) >= 11 is 3.56. The summed E-state index contributed by atoms with van der Waals surface area (Å²) in [7, 11) is 0. The van der Waals surface area contributed by atoms with E-state index in [2.05, 4.69) is 104 Å². The zero-order chi connectivity index (χ0) is 34.7. The molecular formula is C40H40BrN7O2. The Bertz CT molecular complexity index is 1980. The number of amides is 1. The smallest absolute Gasteiger partial charge is 0.407 e. The first kappa shape index (κ1) is 33.4. The van der Waals surface area contributed by atoms with Crippen molar-refractivity contribution in [3.63, 3.8) is 0 Å². The number of hydrogen-bond donors (Lipinski definition) is 2. The highest BCUT2D eigenvalue weighted by molar-refractivity contribution is 9.10. The van der Waals surface area contributed by atoms with E-state index < -0.39 is 11.1 Å². The van der Waals surface area contributed by atoms with Crippen LogP contribution in [0.25, 0.3) is 22.4 Å². The Morgan fingerprint density at radius 3 is 1.86 bits per heavy atom. The van der Waals surface area contributed by atoms with Gasteiger partial charge in [-0.15, -0.1) is 0 Å². The van der Waals surface area contributed by atoms with Gasteiger partial charge in [-0.05, 0) is 91.2 Å². The van der Waals surface area contributed by atoms with Crippen LogP contribution in [0.5, 0.6) is 0 Å². The lowest BCUT2D eigenvalue weighted by Crippen LogP contribution is -2.42. The number of fused-ring (bicyclic) bond motifs is 1. The van der Waals surface area contributed by atoms with Gasteiger partial charge in [0.25, 0.3) is 0 Å². The van der Waals surface area contributed by atoms with Crippen LogP contribution in [0.2, 0.25) is 0 Å². The number of nitrogens with zero attached hydrogens (tertiary/aromatic N) is 5. The number of carbonyl (C=O) groups is 1. The van der Waals surface area contributed by atoms with E-state index in [4.69, 9.17) is 24.8 Å². The van der Waals surface area contributed by atoms with Crippen LogP contribution in [0.15, 0.2) is 120 Å². The lowest BCUT2D eigenvalue weighted by Gasteiger charge is -2.36. The highest BCUT2D eigenvalue weighted by Crippen LogP contribution is 2.43. The molecule has 7 rings (SSSR count). The standard InChI is InChI=1S/C40H40BrN7O2/c1-39(2,3)50-38(49)44-31-24-22-30(23-25-31)43-37-42-26-32-35(33-20-13-21-34(41)45-33)47-48(36(32)46-37)40(27-14-7-4-8-15-27,28-16-9-5-10-17-28)29-18-11-6-12-19-29/h4-21,26,30-31H,22-25H2,1-3H3,(H,44,49)(H,42,43,46)/t30-,31-. The number of anilines is 1. The summed E-state index contributed by atoms with van der Waals surface area (Å²) in [5.74, 6) is 0.527. The molecule has 0 radical (unpaired) electrons. The van der Waals surface area contributed by atoms with E-state index in [9.17, 15) is 4.79 Å². The zero-order valence-electron chi connectivity index (χ0n) is 28.4. The topological polar surface area (TPSA) is 107 Å². The molecule has 1 amide bonds. The number of alkyl carbamates (subject to hydrolysis) is 1. The SMILES string of the molecule is CC(C)(C)OC(=O)N[C@H]1CC[C@H](Nc2ncc3c(-c4cccc(Br)n4)nn(C(c4ccccc4)(c4ccccc4)c4ccccc4)c3n2)CC1. The monoisotopic (exact) mass is 729 g/mol. The van der Waals surface area contributed by atoms with Gasteiger partial charge in [-0.3, -0.25) is 0 Å². The minimum absolute atomic E-state index is 0.0659. The van der Waals surface area contributed by atoms with Crippen LogP contribution in [0.4, 0.5) is 10.7 Å². The van der Waals surface area contributed by atoms with Crippen LogP contribution < -0.4 is 10.6 Å². The van der Waals surface area contributed by atoms with E-state index in [0.717, 1.165) is 47.8 Å². The average Bonchev–Trinajstić information content (AvgIpc) is 3.49. The van der Waals surface area contributed by atoms with Gasteiger partial charge in [0.15, 0.2) is 5.65 Å². The summed E-state index contributed by atoms with van der Waals surface area (Å²) in [5, 5.41) is 12.8. The summed E-state index contributed by atoms with van der Waals surface area (Å²) in [6.07, 6.45) is 4.86. The molecule has 10 heteroatoms. The molecule has 3 aromatic carbocycles. The Labute approximate surface area is 300 Å². The van der Waals surface area contributed by atoms with Crippen LogP contribution >= 0.6 is 15.9 Å². The highest BCUT2D eigenvalue weighted by atomic mass is 79.9. The summed E-state index contributed by atoms with van der Waals surface area (Å²) in [6.45, 7) is 5.62. The molecule has 1 aliphatic rings.